The Labute approximate surface area is 114 Å². The molecule has 1 saturated heterocycles. The van der Waals surface area contributed by atoms with E-state index in [-0.39, 0.29) is 4.90 Å². The number of benzene rings is 1. The molecule has 1 heterocycles. The van der Waals surface area contributed by atoms with Crippen LogP contribution in [0.15, 0.2) is 23.1 Å². The van der Waals surface area contributed by atoms with Crippen LogP contribution in [0.25, 0.3) is 0 Å². The van der Waals surface area contributed by atoms with Crippen LogP contribution in [0.3, 0.4) is 0 Å². The van der Waals surface area contributed by atoms with Gasteiger partial charge in [-0.3, -0.25) is 4.21 Å². The molecule has 0 aromatic heterocycles. The number of nitrogens with one attached hydrogen (secondary N) is 1. The molecule has 4 N–H and O–H groups in total. The summed E-state index contributed by atoms with van der Waals surface area (Å²) in [4.78, 5) is 0.164. The van der Waals surface area contributed by atoms with E-state index in [9.17, 15) is 14.0 Å². The second-order valence-corrected chi connectivity index (χ2v) is 5.49. The molecule has 1 atom stereocenters. The zero-order valence-electron chi connectivity index (χ0n) is 10.5. The van der Waals surface area contributed by atoms with Crippen LogP contribution < -0.4 is 10.8 Å². The van der Waals surface area contributed by atoms with E-state index in [2.05, 4.69) is 5.32 Å². The SMILES string of the molecule is O=S([O-])c1ccc(NCC2CCOCC2)c([NH2+]O)c1. The Balaban J connectivity index is 2.00. The fourth-order valence-electron chi connectivity index (χ4n) is 2.12. The molecule has 1 fully saturated rings. The first-order valence-electron chi connectivity index (χ1n) is 6.23. The summed E-state index contributed by atoms with van der Waals surface area (Å²) < 4.78 is 27.0. The third-order valence-electron chi connectivity index (χ3n) is 3.28. The minimum absolute atomic E-state index is 0.164. The van der Waals surface area contributed by atoms with Crippen LogP contribution in [0.2, 0.25) is 0 Å². The molecule has 1 unspecified atom stereocenters. The lowest BCUT2D eigenvalue weighted by Gasteiger charge is -2.22. The smallest absolute Gasteiger partial charge is 0.186 e. The molecule has 1 aliphatic heterocycles. The summed E-state index contributed by atoms with van der Waals surface area (Å²) in [5.74, 6) is 0.550. The Bertz CT molecular complexity index is 449. The molecular weight excluding hydrogens is 268 g/mol. The average Bonchev–Trinajstić information content (AvgIpc) is 2.45. The number of quaternary nitrogens is 1. The number of anilines is 1. The third kappa shape index (κ3) is 3.99. The standard InChI is InChI=1S/C12H18N2O4S/c15-14-12-7-10(19(16)17)1-2-11(12)13-8-9-3-5-18-6-4-9/h1-2,7,9,13-15H,3-6,8H2,(H,16,17). The molecule has 7 heteroatoms. The van der Waals surface area contributed by atoms with Gasteiger partial charge in [0.25, 0.3) is 0 Å². The lowest BCUT2D eigenvalue weighted by atomic mass is 10.0. The van der Waals surface area contributed by atoms with Gasteiger partial charge in [-0.1, -0.05) is 0 Å². The van der Waals surface area contributed by atoms with E-state index in [1.807, 2.05) is 0 Å². The largest absolute Gasteiger partial charge is 0.768 e. The predicted octanol–water partition coefficient (Wildman–Crippen LogP) is 0.347. The maximum atomic E-state index is 10.9. The molecule has 0 amide bonds. The molecule has 1 aromatic carbocycles. The number of rotatable bonds is 5. The van der Waals surface area contributed by atoms with Crippen molar-refractivity contribution in [2.75, 3.05) is 25.1 Å². The van der Waals surface area contributed by atoms with Crippen LogP contribution in [0.5, 0.6) is 0 Å². The second-order valence-electron chi connectivity index (χ2n) is 4.55. The van der Waals surface area contributed by atoms with Crippen molar-refractivity contribution in [3.8, 4) is 0 Å². The summed E-state index contributed by atoms with van der Waals surface area (Å²) in [5.41, 5.74) is 2.14. The average molecular weight is 286 g/mol. The van der Waals surface area contributed by atoms with Crippen molar-refractivity contribution in [3.05, 3.63) is 18.2 Å². The molecule has 6 nitrogen and oxygen atoms in total. The van der Waals surface area contributed by atoms with E-state index in [0.717, 1.165) is 43.8 Å². The number of ether oxygens (including phenoxy) is 1. The molecule has 1 aromatic rings. The highest BCUT2D eigenvalue weighted by molar-refractivity contribution is 7.79. The van der Waals surface area contributed by atoms with Gasteiger partial charge in [0, 0.05) is 30.7 Å². The molecule has 0 bridgehead atoms. The minimum Gasteiger partial charge on any atom is -0.768 e. The zero-order chi connectivity index (χ0) is 13.7. The predicted molar refractivity (Wildman–Crippen MR) is 69.0 cm³/mol. The van der Waals surface area contributed by atoms with Crippen molar-refractivity contribution in [1.82, 2.24) is 0 Å². The maximum Gasteiger partial charge on any atom is 0.186 e. The van der Waals surface area contributed by atoms with Gasteiger partial charge in [-0.2, -0.15) is 5.48 Å². The lowest BCUT2D eigenvalue weighted by Crippen LogP contribution is -2.74. The van der Waals surface area contributed by atoms with E-state index in [4.69, 9.17) is 4.74 Å². The quantitative estimate of drug-likeness (QED) is 0.412. The van der Waals surface area contributed by atoms with Crippen molar-refractivity contribution < 1.29 is 24.2 Å². The number of hydrogen-bond acceptors (Lipinski definition) is 5. The van der Waals surface area contributed by atoms with Crippen molar-refractivity contribution in [3.63, 3.8) is 0 Å². The first kappa shape index (κ1) is 14.4. The van der Waals surface area contributed by atoms with Gasteiger partial charge in [-0.15, -0.1) is 0 Å². The van der Waals surface area contributed by atoms with E-state index in [1.165, 1.54) is 12.1 Å². The fraction of sp³-hybridized carbons (Fsp3) is 0.500. The fourth-order valence-corrected chi connectivity index (χ4v) is 2.52. The summed E-state index contributed by atoms with van der Waals surface area (Å²) in [6, 6.07) is 4.63. The van der Waals surface area contributed by atoms with Crippen LogP contribution in [0.1, 0.15) is 12.8 Å². The van der Waals surface area contributed by atoms with Crippen molar-refractivity contribution in [2.24, 2.45) is 5.92 Å². The van der Waals surface area contributed by atoms with E-state index in [1.54, 1.807) is 6.07 Å². The Morgan fingerprint density at radius 1 is 1.47 bits per heavy atom. The molecule has 0 saturated carbocycles. The molecule has 0 aliphatic carbocycles. The topological polar surface area (TPSA) is 98.2 Å². The third-order valence-corrected chi connectivity index (χ3v) is 3.92. The zero-order valence-corrected chi connectivity index (χ0v) is 11.3. The van der Waals surface area contributed by atoms with Crippen molar-refractivity contribution in [1.29, 1.82) is 0 Å². The highest BCUT2D eigenvalue weighted by Gasteiger charge is 2.15. The molecule has 1 aliphatic rings. The molecule has 19 heavy (non-hydrogen) atoms. The first-order chi connectivity index (χ1) is 9.20. The number of nitrogens with two attached hydrogens (primary N) is 1. The van der Waals surface area contributed by atoms with Crippen LogP contribution >= 0.6 is 0 Å². The Morgan fingerprint density at radius 2 is 2.21 bits per heavy atom. The summed E-state index contributed by atoms with van der Waals surface area (Å²) in [6.45, 7) is 2.38. The van der Waals surface area contributed by atoms with Gasteiger partial charge in [-0.05, 0) is 42.0 Å². The van der Waals surface area contributed by atoms with E-state index in [0.29, 0.717) is 11.6 Å². The Hall–Kier alpha value is -0.990. The van der Waals surface area contributed by atoms with Gasteiger partial charge in [0.05, 0.1) is 5.69 Å². The van der Waals surface area contributed by atoms with Crippen molar-refractivity contribution in [2.45, 2.75) is 17.7 Å². The summed E-state index contributed by atoms with van der Waals surface area (Å²) in [7, 11) is 0. The molecule has 2 rings (SSSR count). The Morgan fingerprint density at radius 3 is 2.84 bits per heavy atom. The maximum absolute atomic E-state index is 10.9. The number of hydrogen-bond donors (Lipinski definition) is 3. The summed E-state index contributed by atoms with van der Waals surface area (Å²) >= 11 is -2.28. The van der Waals surface area contributed by atoms with Gasteiger partial charge in [0.15, 0.2) is 5.69 Å². The molecule has 0 radical (unpaired) electrons. The van der Waals surface area contributed by atoms with Crippen LogP contribution in [0, 0.1) is 5.92 Å². The normalized spacial score (nSPS) is 18.2. The summed E-state index contributed by atoms with van der Waals surface area (Å²) in [5, 5.41) is 12.4. The molecule has 0 spiro atoms. The Kier molecular flexibility index (Phi) is 5.29. The van der Waals surface area contributed by atoms with E-state index >= 15 is 0 Å². The van der Waals surface area contributed by atoms with Gasteiger partial charge >= 0.3 is 0 Å². The first-order valence-corrected chi connectivity index (χ1v) is 7.30. The van der Waals surface area contributed by atoms with Crippen LogP contribution in [-0.2, 0) is 15.8 Å². The lowest BCUT2D eigenvalue weighted by molar-refractivity contribution is -0.825. The monoisotopic (exact) mass is 286 g/mol. The second kappa shape index (κ2) is 6.97. The van der Waals surface area contributed by atoms with Crippen LogP contribution in [-0.4, -0.2) is 33.7 Å². The molecule has 106 valence electrons. The summed E-state index contributed by atoms with van der Waals surface area (Å²) in [6.07, 6.45) is 2.04. The van der Waals surface area contributed by atoms with Crippen molar-refractivity contribution >= 4 is 22.5 Å². The van der Waals surface area contributed by atoms with Gasteiger partial charge in [0.2, 0.25) is 0 Å². The van der Waals surface area contributed by atoms with Gasteiger partial charge in [0.1, 0.15) is 0 Å². The van der Waals surface area contributed by atoms with Gasteiger partial charge in [-0.25, -0.2) is 5.21 Å². The van der Waals surface area contributed by atoms with Crippen LogP contribution in [0.4, 0.5) is 11.4 Å². The van der Waals surface area contributed by atoms with E-state index < -0.39 is 11.1 Å². The molecular formula is C12H18N2O4S. The van der Waals surface area contributed by atoms with Gasteiger partial charge < -0.3 is 14.6 Å². The minimum atomic E-state index is -2.28. The highest BCUT2D eigenvalue weighted by Crippen LogP contribution is 2.22. The highest BCUT2D eigenvalue weighted by atomic mass is 32.2.